The van der Waals surface area contributed by atoms with E-state index >= 15 is 0 Å². The number of nitrogens with zero attached hydrogens (tertiary/aromatic N) is 1. The number of benzene rings is 1. The molecule has 8 heteroatoms. The molecule has 1 unspecified atom stereocenters. The lowest BCUT2D eigenvalue weighted by Gasteiger charge is -2.17. The van der Waals surface area contributed by atoms with Crippen molar-refractivity contribution >= 4 is 38.4 Å². The van der Waals surface area contributed by atoms with E-state index in [2.05, 4.69) is 15.9 Å². The molecule has 1 heterocycles. The zero-order valence-corrected chi connectivity index (χ0v) is 13.6. The SMILES string of the molecule is COc1ccc(Br)c(S(=O)(=O)N2CCC(N)C2)c1.Cl. The first-order valence-corrected chi connectivity index (χ1v) is 7.77. The fraction of sp³-hybridized carbons (Fsp3) is 0.455. The van der Waals surface area contributed by atoms with Crippen molar-refractivity contribution in [1.29, 1.82) is 0 Å². The van der Waals surface area contributed by atoms with E-state index < -0.39 is 10.0 Å². The summed E-state index contributed by atoms with van der Waals surface area (Å²) in [5.74, 6) is 0.514. The highest BCUT2D eigenvalue weighted by atomic mass is 79.9. The fourth-order valence-electron chi connectivity index (χ4n) is 1.92. The van der Waals surface area contributed by atoms with Crippen molar-refractivity contribution < 1.29 is 13.2 Å². The van der Waals surface area contributed by atoms with Gasteiger partial charge in [-0.25, -0.2) is 8.42 Å². The number of sulfonamides is 1. The molecule has 1 aromatic rings. The molecule has 1 atom stereocenters. The number of halogens is 2. The van der Waals surface area contributed by atoms with Gasteiger partial charge in [0.1, 0.15) is 10.6 Å². The molecule has 1 aliphatic rings. The first kappa shape index (κ1) is 16.7. The topological polar surface area (TPSA) is 72.6 Å². The highest BCUT2D eigenvalue weighted by molar-refractivity contribution is 9.10. The first-order chi connectivity index (χ1) is 8.45. The summed E-state index contributed by atoms with van der Waals surface area (Å²) in [6, 6.07) is 4.81. The molecule has 108 valence electrons. The fourth-order valence-corrected chi connectivity index (χ4v) is 4.37. The third kappa shape index (κ3) is 3.41. The van der Waals surface area contributed by atoms with E-state index in [-0.39, 0.29) is 23.3 Å². The average Bonchev–Trinajstić information content (AvgIpc) is 2.77. The highest BCUT2D eigenvalue weighted by Crippen LogP contribution is 2.30. The van der Waals surface area contributed by atoms with Gasteiger partial charge >= 0.3 is 0 Å². The van der Waals surface area contributed by atoms with E-state index in [9.17, 15) is 8.42 Å². The normalized spacial score (nSPS) is 20.1. The summed E-state index contributed by atoms with van der Waals surface area (Å²) in [4.78, 5) is 0.218. The Morgan fingerprint density at radius 2 is 2.16 bits per heavy atom. The molecule has 0 saturated carbocycles. The Hall–Kier alpha value is -0.340. The summed E-state index contributed by atoms with van der Waals surface area (Å²) >= 11 is 3.27. The van der Waals surface area contributed by atoms with Crippen LogP contribution in [0, 0.1) is 0 Å². The lowest BCUT2D eigenvalue weighted by Crippen LogP contribution is -2.32. The quantitative estimate of drug-likeness (QED) is 0.876. The summed E-state index contributed by atoms with van der Waals surface area (Å²) in [6.07, 6.45) is 0.695. The van der Waals surface area contributed by atoms with Crippen LogP contribution in [0.2, 0.25) is 0 Å². The molecule has 0 amide bonds. The third-order valence-corrected chi connectivity index (χ3v) is 5.80. The number of rotatable bonds is 3. The molecular weight excluding hydrogens is 356 g/mol. The lowest BCUT2D eigenvalue weighted by atomic mass is 10.3. The molecule has 1 aliphatic heterocycles. The van der Waals surface area contributed by atoms with Crippen molar-refractivity contribution in [3.05, 3.63) is 22.7 Å². The Balaban J connectivity index is 0.00000180. The van der Waals surface area contributed by atoms with Crippen molar-refractivity contribution in [2.75, 3.05) is 20.2 Å². The molecule has 0 spiro atoms. The van der Waals surface area contributed by atoms with E-state index in [1.807, 2.05) is 0 Å². The molecule has 19 heavy (non-hydrogen) atoms. The zero-order valence-electron chi connectivity index (χ0n) is 10.4. The minimum absolute atomic E-state index is 0. The standard InChI is InChI=1S/C11H15BrN2O3S.ClH/c1-17-9-2-3-10(12)11(6-9)18(15,16)14-5-4-8(13)7-14;/h2-3,6,8H,4-5,7,13H2,1H3;1H. The van der Waals surface area contributed by atoms with Gasteiger partial charge < -0.3 is 10.5 Å². The average molecular weight is 372 g/mol. The molecule has 1 saturated heterocycles. The Bertz CT molecular complexity index is 553. The molecule has 0 aliphatic carbocycles. The van der Waals surface area contributed by atoms with Crippen LogP contribution in [-0.4, -0.2) is 39.0 Å². The first-order valence-electron chi connectivity index (χ1n) is 5.54. The van der Waals surface area contributed by atoms with Crippen molar-refractivity contribution in [3.8, 4) is 5.75 Å². The maximum atomic E-state index is 12.5. The Kier molecular flexibility index (Phi) is 5.64. The molecule has 2 rings (SSSR count). The van der Waals surface area contributed by atoms with Crippen LogP contribution in [0.15, 0.2) is 27.6 Å². The van der Waals surface area contributed by atoms with Gasteiger partial charge in [-0.05, 0) is 34.5 Å². The summed E-state index contributed by atoms with van der Waals surface area (Å²) < 4.78 is 31.9. The molecule has 5 nitrogen and oxygen atoms in total. The van der Waals surface area contributed by atoms with Gasteiger partial charge in [-0.3, -0.25) is 0 Å². The lowest BCUT2D eigenvalue weighted by molar-refractivity contribution is 0.412. The molecule has 0 bridgehead atoms. The van der Waals surface area contributed by atoms with Gasteiger partial charge in [0.05, 0.1) is 7.11 Å². The van der Waals surface area contributed by atoms with Crippen molar-refractivity contribution in [3.63, 3.8) is 0 Å². The van der Waals surface area contributed by atoms with Gasteiger partial charge in [0.25, 0.3) is 0 Å². The second kappa shape index (κ2) is 6.41. The van der Waals surface area contributed by atoms with Crippen LogP contribution in [-0.2, 0) is 10.0 Å². The van der Waals surface area contributed by atoms with E-state index in [4.69, 9.17) is 10.5 Å². The highest BCUT2D eigenvalue weighted by Gasteiger charge is 2.32. The van der Waals surface area contributed by atoms with Gasteiger partial charge in [-0.1, -0.05) is 0 Å². The maximum Gasteiger partial charge on any atom is 0.244 e. The summed E-state index contributed by atoms with van der Waals surface area (Å²) in [5, 5.41) is 0. The van der Waals surface area contributed by atoms with Crippen LogP contribution >= 0.6 is 28.3 Å². The molecule has 2 N–H and O–H groups in total. The predicted octanol–water partition coefficient (Wildman–Crippen LogP) is 1.60. The monoisotopic (exact) mass is 370 g/mol. The number of hydrogen-bond donors (Lipinski definition) is 1. The van der Waals surface area contributed by atoms with Crippen LogP contribution < -0.4 is 10.5 Å². The maximum absolute atomic E-state index is 12.5. The summed E-state index contributed by atoms with van der Waals surface area (Å²) in [7, 11) is -2.00. The van der Waals surface area contributed by atoms with E-state index in [1.54, 1.807) is 12.1 Å². The Labute approximate surface area is 127 Å². The minimum atomic E-state index is -3.51. The zero-order chi connectivity index (χ0) is 13.3. The van der Waals surface area contributed by atoms with Crippen LogP contribution in [0.5, 0.6) is 5.75 Å². The number of methoxy groups -OCH3 is 1. The van der Waals surface area contributed by atoms with Crippen molar-refractivity contribution in [2.45, 2.75) is 17.4 Å². The van der Waals surface area contributed by atoms with Gasteiger partial charge in [0.15, 0.2) is 0 Å². The molecule has 0 aromatic heterocycles. The summed E-state index contributed by atoms with van der Waals surface area (Å²) in [5.41, 5.74) is 5.75. The van der Waals surface area contributed by atoms with Gasteiger partial charge in [-0.2, -0.15) is 4.31 Å². The Morgan fingerprint density at radius 1 is 1.47 bits per heavy atom. The van der Waals surface area contributed by atoms with Crippen molar-refractivity contribution in [1.82, 2.24) is 4.31 Å². The number of ether oxygens (including phenoxy) is 1. The van der Waals surface area contributed by atoms with Crippen LogP contribution in [0.1, 0.15) is 6.42 Å². The summed E-state index contributed by atoms with van der Waals surface area (Å²) in [6.45, 7) is 0.832. The number of hydrogen-bond acceptors (Lipinski definition) is 4. The minimum Gasteiger partial charge on any atom is -0.497 e. The molecule has 0 radical (unpaired) electrons. The van der Waals surface area contributed by atoms with E-state index in [0.717, 1.165) is 0 Å². The van der Waals surface area contributed by atoms with Crippen LogP contribution in [0.3, 0.4) is 0 Å². The second-order valence-corrected chi connectivity index (χ2v) is 6.97. The Morgan fingerprint density at radius 3 is 2.68 bits per heavy atom. The van der Waals surface area contributed by atoms with Gasteiger partial charge in [-0.15, -0.1) is 12.4 Å². The molecular formula is C11H16BrClN2O3S. The largest absolute Gasteiger partial charge is 0.497 e. The number of nitrogens with two attached hydrogens (primary N) is 1. The van der Waals surface area contributed by atoms with Gasteiger partial charge in [0, 0.05) is 29.7 Å². The van der Waals surface area contributed by atoms with Crippen molar-refractivity contribution in [2.24, 2.45) is 5.73 Å². The van der Waals surface area contributed by atoms with E-state index in [1.165, 1.54) is 17.5 Å². The smallest absolute Gasteiger partial charge is 0.244 e. The van der Waals surface area contributed by atoms with E-state index in [0.29, 0.717) is 29.7 Å². The van der Waals surface area contributed by atoms with Gasteiger partial charge in [0.2, 0.25) is 10.0 Å². The van der Waals surface area contributed by atoms with Crippen LogP contribution in [0.4, 0.5) is 0 Å². The molecule has 1 aromatic carbocycles. The van der Waals surface area contributed by atoms with Crippen LogP contribution in [0.25, 0.3) is 0 Å². The molecule has 1 fully saturated rings. The predicted molar refractivity (Wildman–Crippen MR) is 79.3 cm³/mol. The second-order valence-electron chi connectivity index (χ2n) is 4.21. The third-order valence-electron chi connectivity index (χ3n) is 2.94.